The standard InChI is InChI=1S/C19H21N3OS4/c1-12-11-15(24-2)17(18(20-12)25-3)22-16(23)9-6-10-26-19-21-13-7-4-5-8-14(13)27-19/h4-5,7-8,11H,6,9-10H2,1-3H3,(H,22,23). The molecule has 3 aromatic rings. The Morgan fingerprint density at radius 1 is 1.19 bits per heavy atom. The summed E-state index contributed by atoms with van der Waals surface area (Å²) in [5.74, 6) is 0.917. The van der Waals surface area contributed by atoms with Gasteiger partial charge in [0.05, 0.1) is 15.9 Å². The van der Waals surface area contributed by atoms with Crippen molar-refractivity contribution in [3.8, 4) is 0 Å². The number of hydrogen-bond acceptors (Lipinski definition) is 7. The van der Waals surface area contributed by atoms with Crippen molar-refractivity contribution in [1.82, 2.24) is 9.97 Å². The van der Waals surface area contributed by atoms with Crippen LogP contribution in [0.3, 0.4) is 0 Å². The third-order valence-corrected chi connectivity index (χ3v) is 7.51. The molecule has 0 saturated heterocycles. The third kappa shape index (κ3) is 5.40. The molecule has 4 nitrogen and oxygen atoms in total. The number of fused-ring (bicyclic) bond motifs is 1. The summed E-state index contributed by atoms with van der Waals surface area (Å²) in [6, 6.07) is 10.2. The van der Waals surface area contributed by atoms with E-state index < -0.39 is 0 Å². The first kappa shape index (κ1) is 20.5. The summed E-state index contributed by atoms with van der Waals surface area (Å²) < 4.78 is 2.27. The van der Waals surface area contributed by atoms with E-state index in [1.54, 1.807) is 46.6 Å². The minimum atomic E-state index is 0.0381. The molecule has 1 amide bonds. The van der Waals surface area contributed by atoms with Crippen LogP contribution in [-0.2, 0) is 4.79 Å². The van der Waals surface area contributed by atoms with Gasteiger partial charge in [0.1, 0.15) is 5.03 Å². The number of hydrogen-bond donors (Lipinski definition) is 1. The van der Waals surface area contributed by atoms with E-state index in [9.17, 15) is 4.79 Å². The largest absolute Gasteiger partial charge is 0.323 e. The van der Waals surface area contributed by atoms with Crippen molar-refractivity contribution in [3.05, 3.63) is 36.0 Å². The fourth-order valence-electron chi connectivity index (χ4n) is 2.55. The predicted molar refractivity (Wildman–Crippen MR) is 121 cm³/mol. The van der Waals surface area contributed by atoms with Crippen LogP contribution in [0.4, 0.5) is 5.69 Å². The molecule has 0 aliphatic carbocycles. The van der Waals surface area contributed by atoms with Gasteiger partial charge in [0, 0.05) is 22.8 Å². The number of para-hydroxylation sites is 1. The average Bonchev–Trinajstić information content (AvgIpc) is 3.09. The van der Waals surface area contributed by atoms with E-state index in [1.165, 1.54) is 4.70 Å². The van der Waals surface area contributed by atoms with Gasteiger partial charge in [0.25, 0.3) is 0 Å². The Morgan fingerprint density at radius 3 is 2.74 bits per heavy atom. The number of carbonyl (C=O) groups excluding carboxylic acids is 1. The summed E-state index contributed by atoms with van der Waals surface area (Å²) in [6.07, 6.45) is 5.31. The summed E-state index contributed by atoms with van der Waals surface area (Å²) in [4.78, 5) is 22.6. The maximum Gasteiger partial charge on any atom is 0.224 e. The van der Waals surface area contributed by atoms with E-state index in [0.29, 0.717) is 6.42 Å². The summed E-state index contributed by atoms with van der Waals surface area (Å²) in [5, 5.41) is 3.93. The van der Waals surface area contributed by atoms with Gasteiger partial charge in [-0.2, -0.15) is 0 Å². The molecule has 27 heavy (non-hydrogen) atoms. The highest BCUT2D eigenvalue weighted by Crippen LogP contribution is 2.34. The minimum Gasteiger partial charge on any atom is -0.323 e. The molecule has 1 aromatic carbocycles. The second kappa shape index (κ2) is 9.82. The zero-order chi connectivity index (χ0) is 19.2. The Hall–Kier alpha value is -1.22. The molecule has 0 aliphatic heterocycles. The molecule has 1 N–H and O–H groups in total. The molecule has 0 fully saturated rings. The van der Waals surface area contributed by atoms with E-state index in [2.05, 4.69) is 21.4 Å². The lowest BCUT2D eigenvalue weighted by atomic mass is 10.3. The number of pyridine rings is 1. The highest BCUT2D eigenvalue weighted by Gasteiger charge is 2.13. The molecule has 0 spiro atoms. The molecule has 0 saturated carbocycles. The lowest BCUT2D eigenvalue weighted by molar-refractivity contribution is -0.116. The Kier molecular flexibility index (Phi) is 7.46. The van der Waals surface area contributed by atoms with E-state index in [-0.39, 0.29) is 5.91 Å². The molecular weight excluding hydrogens is 414 g/mol. The number of amides is 1. The average molecular weight is 436 g/mol. The van der Waals surface area contributed by atoms with Crippen LogP contribution in [0.5, 0.6) is 0 Å². The molecule has 2 aromatic heterocycles. The summed E-state index contributed by atoms with van der Waals surface area (Å²) >= 11 is 6.61. The fourth-order valence-corrected chi connectivity index (χ4v) is 5.93. The lowest BCUT2D eigenvalue weighted by Crippen LogP contribution is -2.13. The molecule has 0 radical (unpaired) electrons. The highest BCUT2D eigenvalue weighted by molar-refractivity contribution is 8.01. The fraction of sp³-hybridized carbons (Fsp3) is 0.316. The van der Waals surface area contributed by atoms with Crippen molar-refractivity contribution in [2.45, 2.75) is 34.0 Å². The molecule has 2 heterocycles. The number of nitrogens with zero attached hydrogens (tertiary/aromatic N) is 2. The van der Waals surface area contributed by atoms with E-state index in [0.717, 1.165) is 43.3 Å². The van der Waals surface area contributed by atoms with Crippen molar-refractivity contribution in [1.29, 1.82) is 0 Å². The van der Waals surface area contributed by atoms with Gasteiger partial charge in [-0.3, -0.25) is 4.79 Å². The number of aryl methyl sites for hydroxylation is 1. The van der Waals surface area contributed by atoms with Crippen LogP contribution < -0.4 is 5.32 Å². The molecule has 3 rings (SSSR count). The van der Waals surface area contributed by atoms with Crippen LogP contribution in [0.25, 0.3) is 10.2 Å². The number of anilines is 1. The van der Waals surface area contributed by atoms with Crippen molar-refractivity contribution in [3.63, 3.8) is 0 Å². The highest BCUT2D eigenvalue weighted by atomic mass is 32.2. The van der Waals surface area contributed by atoms with Crippen LogP contribution in [0.1, 0.15) is 18.5 Å². The van der Waals surface area contributed by atoms with Crippen molar-refractivity contribution in [2.75, 3.05) is 23.6 Å². The topological polar surface area (TPSA) is 54.9 Å². The second-order valence-electron chi connectivity index (χ2n) is 5.80. The summed E-state index contributed by atoms with van der Waals surface area (Å²) in [5.41, 5.74) is 2.85. The molecule has 8 heteroatoms. The Morgan fingerprint density at radius 2 is 2.00 bits per heavy atom. The summed E-state index contributed by atoms with van der Waals surface area (Å²) in [6.45, 7) is 1.98. The lowest BCUT2D eigenvalue weighted by Gasteiger charge is -2.13. The van der Waals surface area contributed by atoms with E-state index in [4.69, 9.17) is 0 Å². The van der Waals surface area contributed by atoms with Crippen LogP contribution in [0.15, 0.2) is 44.6 Å². The second-order valence-corrected chi connectivity index (χ2v) is 9.81. The molecule has 0 unspecified atom stereocenters. The number of thiazole rings is 1. The van der Waals surface area contributed by atoms with Crippen LogP contribution in [0, 0.1) is 6.92 Å². The first-order chi connectivity index (χ1) is 13.1. The van der Waals surface area contributed by atoms with E-state index >= 15 is 0 Å². The zero-order valence-electron chi connectivity index (χ0n) is 15.4. The first-order valence-corrected chi connectivity index (χ1v) is 12.7. The number of rotatable bonds is 8. The molecule has 142 valence electrons. The Labute approximate surface area is 176 Å². The normalized spacial score (nSPS) is 11.1. The van der Waals surface area contributed by atoms with Gasteiger partial charge in [-0.25, -0.2) is 9.97 Å². The minimum absolute atomic E-state index is 0.0381. The quantitative estimate of drug-likeness (QED) is 0.348. The van der Waals surface area contributed by atoms with Crippen LogP contribution in [0.2, 0.25) is 0 Å². The van der Waals surface area contributed by atoms with Crippen molar-refractivity contribution in [2.24, 2.45) is 0 Å². The smallest absolute Gasteiger partial charge is 0.224 e. The maximum absolute atomic E-state index is 12.4. The molecule has 0 bridgehead atoms. The Bertz CT molecular complexity index is 884. The van der Waals surface area contributed by atoms with Gasteiger partial charge in [-0.1, -0.05) is 23.9 Å². The number of aromatic nitrogens is 2. The summed E-state index contributed by atoms with van der Waals surface area (Å²) in [7, 11) is 0. The number of benzene rings is 1. The molecular formula is C19H21N3OS4. The molecule has 0 atom stereocenters. The van der Waals surface area contributed by atoms with Gasteiger partial charge >= 0.3 is 0 Å². The maximum atomic E-state index is 12.4. The first-order valence-electron chi connectivity index (χ1n) is 8.48. The molecule has 0 aliphatic rings. The van der Waals surface area contributed by atoms with Gasteiger partial charge < -0.3 is 5.32 Å². The van der Waals surface area contributed by atoms with Crippen LogP contribution in [-0.4, -0.2) is 34.1 Å². The third-order valence-electron chi connectivity index (χ3n) is 3.80. The zero-order valence-corrected chi connectivity index (χ0v) is 18.7. The van der Waals surface area contributed by atoms with Crippen molar-refractivity contribution >= 4 is 68.4 Å². The number of thioether (sulfide) groups is 3. The predicted octanol–water partition coefficient (Wildman–Crippen LogP) is 5.95. The Balaban J connectivity index is 1.52. The van der Waals surface area contributed by atoms with Gasteiger partial charge in [-0.05, 0) is 44.1 Å². The van der Waals surface area contributed by atoms with E-state index in [1.807, 2.05) is 43.7 Å². The SMILES string of the molecule is CSc1cc(C)nc(SC)c1NC(=O)CCCSc1nc2ccccc2s1. The van der Waals surface area contributed by atoms with Gasteiger partial charge in [0.15, 0.2) is 4.34 Å². The van der Waals surface area contributed by atoms with Crippen molar-refractivity contribution < 1.29 is 4.79 Å². The van der Waals surface area contributed by atoms with Gasteiger partial charge in [-0.15, -0.1) is 34.9 Å². The van der Waals surface area contributed by atoms with Gasteiger partial charge in [0.2, 0.25) is 5.91 Å². The number of carbonyl (C=O) groups is 1. The monoisotopic (exact) mass is 435 g/mol. The van der Waals surface area contributed by atoms with Crippen LogP contribution >= 0.6 is 46.6 Å². The number of nitrogens with one attached hydrogen (secondary N) is 1.